The third-order valence-electron chi connectivity index (χ3n) is 3.96. The highest BCUT2D eigenvalue weighted by atomic mass is 16.5. The van der Waals surface area contributed by atoms with Gasteiger partial charge in [-0.05, 0) is 31.9 Å². The van der Waals surface area contributed by atoms with Crippen molar-refractivity contribution < 1.29 is 14.3 Å². The predicted octanol–water partition coefficient (Wildman–Crippen LogP) is 1.75. The van der Waals surface area contributed by atoms with Gasteiger partial charge in [0, 0.05) is 31.7 Å². The molecule has 6 nitrogen and oxygen atoms in total. The molecule has 1 amide bonds. The van der Waals surface area contributed by atoms with Crippen molar-refractivity contribution in [1.29, 1.82) is 0 Å². The van der Waals surface area contributed by atoms with Crippen LogP contribution in [0.25, 0.3) is 5.65 Å². The number of likely N-dealkylation sites (tertiary alicyclic amines) is 1. The Balaban J connectivity index is 1.74. The largest absolute Gasteiger partial charge is 0.466 e. The van der Waals surface area contributed by atoms with Gasteiger partial charge < -0.3 is 14.0 Å². The molecule has 0 aliphatic carbocycles. The fourth-order valence-electron chi connectivity index (χ4n) is 2.84. The summed E-state index contributed by atoms with van der Waals surface area (Å²) >= 11 is 0. The van der Waals surface area contributed by atoms with Crippen LogP contribution in [0.1, 0.15) is 30.1 Å². The van der Waals surface area contributed by atoms with Crippen LogP contribution < -0.4 is 0 Å². The molecular formula is C16H19N3O3. The molecule has 1 saturated heterocycles. The average Bonchev–Trinajstić information content (AvgIpc) is 3.02. The number of fused-ring (bicyclic) bond motifs is 1. The smallest absolute Gasteiger partial charge is 0.310 e. The highest BCUT2D eigenvalue weighted by molar-refractivity contribution is 5.94. The number of esters is 1. The van der Waals surface area contributed by atoms with Gasteiger partial charge >= 0.3 is 5.97 Å². The van der Waals surface area contributed by atoms with Crippen LogP contribution in [0.5, 0.6) is 0 Å². The number of piperidine rings is 1. The number of nitrogens with zero attached hydrogens (tertiary/aromatic N) is 3. The maximum Gasteiger partial charge on any atom is 0.310 e. The van der Waals surface area contributed by atoms with E-state index < -0.39 is 0 Å². The lowest BCUT2D eigenvalue weighted by molar-refractivity contribution is -0.149. The highest BCUT2D eigenvalue weighted by Gasteiger charge is 2.29. The van der Waals surface area contributed by atoms with E-state index in [0.29, 0.717) is 25.3 Å². The van der Waals surface area contributed by atoms with Crippen molar-refractivity contribution in [3.05, 3.63) is 36.3 Å². The van der Waals surface area contributed by atoms with Gasteiger partial charge in [0.05, 0.1) is 18.1 Å². The van der Waals surface area contributed by atoms with Crippen molar-refractivity contribution in [3.63, 3.8) is 0 Å². The number of imidazole rings is 1. The Kier molecular flexibility index (Phi) is 4.09. The summed E-state index contributed by atoms with van der Waals surface area (Å²) in [5.74, 6) is -0.468. The van der Waals surface area contributed by atoms with Crippen molar-refractivity contribution in [3.8, 4) is 0 Å². The van der Waals surface area contributed by atoms with E-state index in [0.717, 1.165) is 18.5 Å². The van der Waals surface area contributed by atoms with Crippen LogP contribution in [-0.2, 0) is 9.53 Å². The van der Waals surface area contributed by atoms with Crippen LogP contribution >= 0.6 is 0 Å². The average molecular weight is 301 g/mol. The molecule has 0 spiro atoms. The zero-order chi connectivity index (χ0) is 15.5. The molecular weight excluding hydrogens is 282 g/mol. The zero-order valence-corrected chi connectivity index (χ0v) is 12.6. The number of carbonyl (C=O) groups is 2. The molecule has 1 fully saturated rings. The van der Waals surface area contributed by atoms with Crippen molar-refractivity contribution in [2.75, 3.05) is 19.7 Å². The van der Waals surface area contributed by atoms with Gasteiger partial charge in [0.1, 0.15) is 5.65 Å². The molecule has 0 radical (unpaired) electrons. The van der Waals surface area contributed by atoms with Crippen molar-refractivity contribution >= 4 is 17.5 Å². The monoisotopic (exact) mass is 301 g/mol. The van der Waals surface area contributed by atoms with Crippen LogP contribution in [0.3, 0.4) is 0 Å². The summed E-state index contributed by atoms with van der Waals surface area (Å²) in [6.45, 7) is 3.28. The zero-order valence-electron chi connectivity index (χ0n) is 12.6. The maximum absolute atomic E-state index is 12.6. The van der Waals surface area contributed by atoms with Gasteiger partial charge in [-0.15, -0.1) is 0 Å². The molecule has 1 aliphatic heterocycles. The summed E-state index contributed by atoms with van der Waals surface area (Å²) in [5, 5.41) is 0. The number of hydrogen-bond donors (Lipinski definition) is 0. The summed E-state index contributed by atoms with van der Waals surface area (Å²) in [6.07, 6.45) is 6.88. The Hall–Kier alpha value is -2.37. The normalized spacial score (nSPS) is 18.4. The lowest BCUT2D eigenvalue weighted by Crippen LogP contribution is -2.42. The molecule has 6 heteroatoms. The number of aromatic nitrogens is 2. The minimum atomic E-state index is -0.213. The molecule has 22 heavy (non-hydrogen) atoms. The Morgan fingerprint density at radius 2 is 2.27 bits per heavy atom. The fraction of sp³-hybridized carbons (Fsp3) is 0.438. The van der Waals surface area contributed by atoms with Gasteiger partial charge in [-0.3, -0.25) is 9.59 Å². The number of carbonyl (C=O) groups excluding carboxylic acids is 2. The number of rotatable bonds is 3. The second-order valence-electron chi connectivity index (χ2n) is 5.45. The maximum atomic E-state index is 12.6. The van der Waals surface area contributed by atoms with Gasteiger partial charge in [0.15, 0.2) is 0 Å². The Labute approximate surface area is 128 Å². The lowest BCUT2D eigenvalue weighted by atomic mass is 9.97. The second-order valence-corrected chi connectivity index (χ2v) is 5.45. The minimum absolute atomic E-state index is 0.0513. The Morgan fingerprint density at radius 1 is 1.41 bits per heavy atom. The van der Waals surface area contributed by atoms with E-state index in [4.69, 9.17) is 4.74 Å². The first-order chi connectivity index (χ1) is 10.7. The first kappa shape index (κ1) is 14.6. The SMILES string of the molecule is CCOC(=O)C1CCCN(C(=O)c2ccc3nccn3c2)C1. The Morgan fingerprint density at radius 3 is 3.09 bits per heavy atom. The fourth-order valence-corrected chi connectivity index (χ4v) is 2.84. The van der Waals surface area contributed by atoms with Gasteiger partial charge in [-0.1, -0.05) is 0 Å². The minimum Gasteiger partial charge on any atom is -0.466 e. The number of pyridine rings is 1. The van der Waals surface area contributed by atoms with Gasteiger partial charge in [0.25, 0.3) is 5.91 Å². The molecule has 0 saturated carbocycles. The second kappa shape index (κ2) is 6.17. The van der Waals surface area contributed by atoms with E-state index in [1.54, 1.807) is 30.3 Å². The van der Waals surface area contributed by atoms with Crippen LogP contribution in [0.2, 0.25) is 0 Å². The lowest BCUT2D eigenvalue weighted by Gasteiger charge is -2.31. The quantitative estimate of drug-likeness (QED) is 0.810. The van der Waals surface area contributed by atoms with E-state index in [9.17, 15) is 9.59 Å². The molecule has 2 aromatic rings. The van der Waals surface area contributed by atoms with Crippen LogP contribution in [0.15, 0.2) is 30.7 Å². The Bertz CT molecular complexity index is 695. The summed E-state index contributed by atoms with van der Waals surface area (Å²) in [6, 6.07) is 3.60. The topological polar surface area (TPSA) is 63.9 Å². The van der Waals surface area contributed by atoms with Crippen molar-refractivity contribution in [2.24, 2.45) is 5.92 Å². The molecule has 1 unspecified atom stereocenters. The highest BCUT2D eigenvalue weighted by Crippen LogP contribution is 2.20. The molecule has 0 N–H and O–H groups in total. The van der Waals surface area contributed by atoms with E-state index in [-0.39, 0.29) is 17.8 Å². The van der Waals surface area contributed by atoms with Crippen LogP contribution in [0, 0.1) is 5.92 Å². The van der Waals surface area contributed by atoms with E-state index in [1.807, 2.05) is 16.7 Å². The standard InChI is InChI=1S/C16H19N3O3/c1-2-22-16(21)13-4-3-8-19(11-13)15(20)12-5-6-14-17-7-9-18(14)10-12/h5-7,9-10,13H,2-4,8,11H2,1H3. The molecule has 3 rings (SSSR count). The number of amides is 1. The van der Waals surface area contributed by atoms with E-state index in [2.05, 4.69) is 4.98 Å². The first-order valence-electron chi connectivity index (χ1n) is 7.57. The molecule has 116 valence electrons. The van der Waals surface area contributed by atoms with Crippen LogP contribution in [-0.4, -0.2) is 45.9 Å². The molecule has 0 aromatic carbocycles. The number of ether oxygens (including phenoxy) is 1. The van der Waals surface area contributed by atoms with Gasteiger partial charge in [0.2, 0.25) is 0 Å². The predicted molar refractivity (Wildman–Crippen MR) is 80.5 cm³/mol. The molecule has 0 bridgehead atoms. The molecule has 1 aliphatic rings. The van der Waals surface area contributed by atoms with Gasteiger partial charge in [-0.2, -0.15) is 0 Å². The molecule has 1 atom stereocenters. The number of hydrogen-bond acceptors (Lipinski definition) is 4. The third kappa shape index (κ3) is 2.81. The third-order valence-corrected chi connectivity index (χ3v) is 3.96. The summed E-state index contributed by atoms with van der Waals surface area (Å²) in [7, 11) is 0. The van der Waals surface area contributed by atoms with E-state index >= 15 is 0 Å². The summed E-state index contributed by atoms with van der Waals surface area (Å²) in [5.41, 5.74) is 1.41. The van der Waals surface area contributed by atoms with Crippen LogP contribution in [0.4, 0.5) is 0 Å². The summed E-state index contributed by atoms with van der Waals surface area (Å²) in [4.78, 5) is 30.4. The van der Waals surface area contributed by atoms with Crippen molar-refractivity contribution in [1.82, 2.24) is 14.3 Å². The summed E-state index contributed by atoms with van der Waals surface area (Å²) < 4.78 is 6.89. The van der Waals surface area contributed by atoms with Gasteiger partial charge in [-0.25, -0.2) is 4.98 Å². The molecule has 3 heterocycles. The molecule has 2 aromatic heterocycles. The first-order valence-corrected chi connectivity index (χ1v) is 7.57. The van der Waals surface area contributed by atoms with Crippen molar-refractivity contribution in [2.45, 2.75) is 19.8 Å². The van der Waals surface area contributed by atoms with E-state index in [1.165, 1.54) is 0 Å².